The predicted molar refractivity (Wildman–Crippen MR) is 56.8 cm³/mol. The number of aromatic nitrogens is 4. The number of methoxy groups -OCH3 is 2. The molecule has 0 atom stereocenters. The standard InChI is InChI=1S/C9H11N5O3/c1-15-7-3-8(16-2)13-9(12-7)10-4-6-11-5-17-14-6/h3,5H,4H2,1-2H3,(H,10,12,13). The lowest BCUT2D eigenvalue weighted by atomic mass is 10.5. The zero-order chi connectivity index (χ0) is 12.1. The van der Waals surface area contributed by atoms with E-state index in [0.717, 1.165) is 0 Å². The van der Waals surface area contributed by atoms with Crippen LogP contribution in [0.5, 0.6) is 11.8 Å². The molecule has 2 heterocycles. The molecule has 2 rings (SSSR count). The molecule has 0 saturated heterocycles. The Balaban J connectivity index is 2.09. The highest BCUT2D eigenvalue weighted by Crippen LogP contribution is 2.17. The summed E-state index contributed by atoms with van der Waals surface area (Å²) in [6, 6.07) is 1.58. The maximum atomic E-state index is 5.01. The lowest BCUT2D eigenvalue weighted by Gasteiger charge is -2.06. The number of hydrogen-bond donors (Lipinski definition) is 1. The minimum Gasteiger partial charge on any atom is -0.481 e. The molecule has 2 aromatic heterocycles. The summed E-state index contributed by atoms with van der Waals surface area (Å²) < 4.78 is 14.6. The first-order valence-corrected chi connectivity index (χ1v) is 4.78. The molecular formula is C9H11N5O3. The number of ether oxygens (including phenoxy) is 2. The van der Waals surface area contributed by atoms with Crippen molar-refractivity contribution in [3.05, 3.63) is 18.3 Å². The van der Waals surface area contributed by atoms with Gasteiger partial charge < -0.3 is 19.3 Å². The van der Waals surface area contributed by atoms with Gasteiger partial charge in [-0.05, 0) is 0 Å². The molecule has 0 fully saturated rings. The zero-order valence-corrected chi connectivity index (χ0v) is 9.38. The van der Waals surface area contributed by atoms with E-state index in [2.05, 4.69) is 29.9 Å². The smallest absolute Gasteiger partial charge is 0.229 e. The van der Waals surface area contributed by atoms with Gasteiger partial charge in [0.25, 0.3) is 0 Å². The Labute approximate surface area is 97.0 Å². The highest BCUT2D eigenvalue weighted by molar-refractivity contribution is 5.33. The number of nitrogens with one attached hydrogen (secondary N) is 1. The minimum absolute atomic E-state index is 0.354. The van der Waals surface area contributed by atoms with Gasteiger partial charge in [-0.3, -0.25) is 0 Å². The van der Waals surface area contributed by atoms with Crippen molar-refractivity contribution in [2.45, 2.75) is 6.54 Å². The third-order valence-electron chi connectivity index (χ3n) is 1.91. The van der Waals surface area contributed by atoms with Crippen molar-refractivity contribution in [3.63, 3.8) is 0 Å². The van der Waals surface area contributed by atoms with E-state index in [0.29, 0.717) is 30.1 Å². The molecule has 0 aliphatic heterocycles. The Kier molecular flexibility index (Phi) is 3.34. The van der Waals surface area contributed by atoms with Gasteiger partial charge in [0.05, 0.1) is 26.8 Å². The second-order valence-electron chi connectivity index (χ2n) is 2.98. The summed E-state index contributed by atoms with van der Waals surface area (Å²) in [6.07, 6.45) is 1.25. The lowest BCUT2D eigenvalue weighted by Crippen LogP contribution is -2.06. The van der Waals surface area contributed by atoms with Crippen LogP contribution in [0.4, 0.5) is 5.95 Å². The second kappa shape index (κ2) is 5.10. The van der Waals surface area contributed by atoms with Crippen molar-refractivity contribution in [2.24, 2.45) is 0 Å². The average molecular weight is 237 g/mol. The minimum atomic E-state index is 0.354. The molecule has 0 amide bonds. The summed E-state index contributed by atoms with van der Waals surface area (Å²) in [5, 5.41) is 6.58. The fourth-order valence-electron chi connectivity index (χ4n) is 1.12. The van der Waals surface area contributed by atoms with Crippen LogP contribution in [-0.2, 0) is 6.54 Å². The summed E-state index contributed by atoms with van der Waals surface area (Å²) in [7, 11) is 3.04. The lowest BCUT2D eigenvalue weighted by molar-refractivity contribution is 0.372. The predicted octanol–water partition coefficient (Wildman–Crippen LogP) is 0.489. The van der Waals surface area contributed by atoms with Crippen LogP contribution in [0.25, 0.3) is 0 Å². The van der Waals surface area contributed by atoms with E-state index >= 15 is 0 Å². The highest BCUT2D eigenvalue weighted by Gasteiger charge is 2.06. The van der Waals surface area contributed by atoms with Gasteiger partial charge in [-0.1, -0.05) is 5.16 Å². The molecule has 1 N–H and O–H groups in total. The van der Waals surface area contributed by atoms with Crippen LogP contribution in [0.1, 0.15) is 5.82 Å². The van der Waals surface area contributed by atoms with Crippen LogP contribution in [0, 0.1) is 0 Å². The van der Waals surface area contributed by atoms with E-state index in [9.17, 15) is 0 Å². The zero-order valence-electron chi connectivity index (χ0n) is 9.38. The molecule has 90 valence electrons. The maximum absolute atomic E-state index is 5.01. The molecule has 0 spiro atoms. The summed E-state index contributed by atoms with van der Waals surface area (Å²) >= 11 is 0. The third kappa shape index (κ3) is 2.80. The van der Waals surface area contributed by atoms with Crippen LogP contribution < -0.4 is 14.8 Å². The van der Waals surface area contributed by atoms with Crippen molar-refractivity contribution in [3.8, 4) is 11.8 Å². The Morgan fingerprint density at radius 3 is 2.47 bits per heavy atom. The molecule has 0 bridgehead atoms. The van der Waals surface area contributed by atoms with Crippen LogP contribution >= 0.6 is 0 Å². The molecule has 8 heteroatoms. The van der Waals surface area contributed by atoms with Crippen LogP contribution in [0.3, 0.4) is 0 Å². The van der Waals surface area contributed by atoms with Gasteiger partial charge in [0, 0.05) is 0 Å². The average Bonchev–Trinajstić information content (AvgIpc) is 2.89. The maximum Gasteiger partial charge on any atom is 0.229 e. The molecular weight excluding hydrogens is 226 g/mol. The molecule has 0 radical (unpaired) electrons. The fraction of sp³-hybridized carbons (Fsp3) is 0.333. The van der Waals surface area contributed by atoms with E-state index in [4.69, 9.17) is 9.47 Å². The van der Waals surface area contributed by atoms with Crippen molar-refractivity contribution in [1.29, 1.82) is 0 Å². The molecule has 0 aliphatic rings. The van der Waals surface area contributed by atoms with Gasteiger partial charge in [0.1, 0.15) is 0 Å². The molecule has 0 aromatic carbocycles. The first-order chi connectivity index (χ1) is 8.31. The topological polar surface area (TPSA) is 95.2 Å². The summed E-state index contributed by atoms with van der Waals surface area (Å²) in [4.78, 5) is 12.0. The number of nitrogens with zero attached hydrogens (tertiary/aromatic N) is 4. The SMILES string of the molecule is COc1cc(OC)nc(NCc2ncon2)n1. The summed E-state index contributed by atoms with van der Waals surface area (Å²) in [5.41, 5.74) is 0. The van der Waals surface area contributed by atoms with Gasteiger partial charge >= 0.3 is 0 Å². The van der Waals surface area contributed by atoms with E-state index < -0.39 is 0 Å². The van der Waals surface area contributed by atoms with E-state index in [-0.39, 0.29) is 0 Å². The summed E-state index contributed by atoms with van der Waals surface area (Å²) in [6.45, 7) is 0.354. The molecule has 0 aliphatic carbocycles. The third-order valence-corrected chi connectivity index (χ3v) is 1.91. The molecule has 0 saturated carbocycles. The normalized spacial score (nSPS) is 10.0. The Morgan fingerprint density at radius 2 is 1.94 bits per heavy atom. The van der Waals surface area contributed by atoms with Crippen LogP contribution in [0.2, 0.25) is 0 Å². The Morgan fingerprint density at radius 1 is 1.24 bits per heavy atom. The molecule has 2 aromatic rings. The Bertz CT molecular complexity index is 451. The first kappa shape index (κ1) is 11.1. The van der Waals surface area contributed by atoms with Gasteiger partial charge in [0.15, 0.2) is 5.82 Å². The van der Waals surface area contributed by atoms with Crippen molar-refractivity contribution in [1.82, 2.24) is 20.1 Å². The van der Waals surface area contributed by atoms with Gasteiger partial charge in [-0.15, -0.1) is 0 Å². The van der Waals surface area contributed by atoms with Crippen LogP contribution in [0.15, 0.2) is 17.0 Å². The van der Waals surface area contributed by atoms with E-state index in [1.54, 1.807) is 6.07 Å². The largest absolute Gasteiger partial charge is 0.481 e. The van der Waals surface area contributed by atoms with Gasteiger partial charge in [-0.25, -0.2) is 0 Å². The van der Waals surface area contributed by atoms with Crippen molar-refractivity contribution in [2.75, 3.05) is 19.5 Å². The van der Waals surface area contributed by atoms with Gasteiger partial charge in [-0.2, -0.15) is 15.0 Å². The fourth-order valence-corrected chi connectivity index (χ4v) is 1.12. The van der Waals surface area contributed by atoms with E-state index in [1.807, 2.05) is 0 Å². The number of rotatable bonds is 5. The van der Waals surface area contributed by atoms with Crippen molar-refractivity contribution < 1.29 is 14.0 Å². The van der Waals surface area contributed by atoms with Crippen molar-refractivity contribution >= 4 is 5.95 Å². The monoisotopic (exact) mass is 237 g/mol. The second-order valence-corrected chi connectivity index (χ2v) is 2.98. The Hall–Kier alpha value is -2.38. The highest BCUT2D eigenvalue weighted by atomic mass is 16.5. The molecule has 0 unspecified atom stereocenters. The number of hydrogen-bond acceptors (Lipinski definition) is 8. The van der Waals surface area contributed by atoms with Crippen LogP contribution in [-0.4, -0.2) is 34.3 Å². The molecule has 17 heavy (non-hydrogen) atoms. The first-order valence-electron chi connectivity index (χ1n) is 4.78. The summed E-state index contributed by atoms with van der Waals surface area (Å²) in [5.74, 6) is 1.70. The quantitative estimate of drug-likeness (QED) is 0.802. The molecule has 8 nitrogen and oxygen atoms in total. The van der Waals surface area contributed by atoms with E-state index in [1.165, 1.54) is 20.6 Å². The van der Waals surface area contributed by atoms with Gasteiger partial charge in [0.2, 0.25) is 24.1 Å². The number of anilines is 1.